The molecule has 4 nitrogen and oxygen atoms in total. The van der Waals surface area contributed by atoms with E-state index in [0.29, 0.717) is 6.42 Å². The Morgan fingerprint density at radius 1 is 1.46 bits per heavy atom. The highest BCUT2D eigenvalue weighted by Crippen LogP contribution is 2.30. The lowest BCUT2D eigenvalue weighted by Crippen LogP contribution is -2.34. The van der Waals surface area contributed by atoms with Crippen molar-refractivity contribution in [2.45, 2.75) is 29.4 Å². The van der Waals surface area contributed by atoms with Crippen molar-refractivity contribution in [3.8, 4) is 0 Å². The first kappa shape index (κ1) is 13.1. The maximum Gasteiger partial charge on any atom is 0.305 e. The Labute approximate surface area is 87.8 Å². The van der Waals surface area contributed by atoms with Crippen molar-refractivity contribution >= 4 is 31.2 Å². The van der Waals surface area contributed by atoms with Gasteiger partial charge in [-0.3, -0.25) is 4.79 Å². The molecule has 0 bridgehead atoms. The van der Waals surface area contributed by atoms with Crippen LogP contribution in [0.5, 0.6) is 0 Å². The molecule has 0 fully saturated rings. The number of hydrogen-bond donors (Lipinski definition) is 5. The summed E-state index contributed by atoms with van der Waals surface area (Å²) >= 11 is 7.89. The van der Waals surface area contributed by atoms with E-state index in [1.807, 2.05) is 0 Å². The molecule has 0 aromatic rings. The van der Waals surface area contributed by atoms with Crippen LogP contribution in [0.4, 0.5) is 0 Å². The van der Waals surface area contributed by atoms with E-state index in [9.17, 15) is 9.90 Å². The second kappa shape index (κ2) is 5.74. The van der Waals surface area contributed by atoms with Crippen LogP contribution < -0.4 is 0 Å². The van der Waals surface area contributed by atoms with Crippen LogP contribution in [-0.2, 0) is 4.79 Å². The minimum atomic E-state index is -1.24. The van der Waals surface area contributed by atoms with Crippen LogP contribution in [0.1, 0.15) is 19.3 Å². The smallest absolute Gasteiger partial charge is 0.305 e. The molecule has 0 heterocycles. The molecule has 0 rings (SSSR count). The maximum atomic E-state index is 10.3. The topological polar surface area (TPSA) is 77.8 Å². The third-order valence-corrected chi connectivity index (χ3v) is 2.49. The van der Waals surface area contributed by atoms with Crippen LogP contribution >= 0.6 is 25.3 Å². The fourth-order valence-corrected chi connectivity index (χ4v) is 1.38. The highest BCUT2D eigenvalue weighted by atomic mass is 32.2. The minimum Gasteiger partial charge on any atom is -0.481 e. The van der Waals surface area contributed by atoms with Gasteiger partial charge in [-0.2, -0.15) is 25.3 Å². The molecule has 0 spiro atoms. The number of rotatable bonds is 6. The quantitative estimate of drug-likeness (QED) is 0.330. The molecule has 0 amide bonds. The Kier molecular flexibility index (Phi) is 5.78. The second-order valence-electron chi connectivity index (χ2n) is 2.83. The van der Waals surface area contributed by atoms with Crippen molar-refractivity contribution in [2.24, 2.45) is 0 Å². The molecule has 0 radical (unpaired) electrons. The Hall–Kier alpha value is 0.0900. The number of aliphatic hydroxyl groups excluding tert-OH is 2. The lowest BCUT2D eigenvalue weighted by Gasteiger charge is -2.26. The lowest BCUT2D eigenvalue weighted by atomic mass is 10.1. The standard InChI is InChI=1S/C7H14O4S2/c8-3-1-2-5(9)7(12,13)4-6(10)11/h5,8-9,12-13H,1-4H2,(H,10,11). The van der Waals surface area contributed by atoms with Gasteiger partial charge in [0.05, 0.1) is 16.6 Å². The molecule has 6 heteroatoms. The van der Waals surface area contributed by atoms with Crippen LogP contribution in [0.25, 0.3) is 0 Å². The van der Waals surface area contributed by atoms with Crippen molar-refractivity contribution in [1.82, 2.24) is 0 Å². The lowest BCUT2D eigenvalue weighted by molar-refractivity contribution is -0.137. The normalized spacial score (nSPS) is 14.2. The summed E-state index contributed by atoms with van der Waals surface area (Å²) in [6, 6.07) is 0. The van der Waals surface area contributed by atoms with E-state index in [1.54, 1.807) is 0 Å². The van der Waals surface area contributed by atoms with Gasteiger partial charge in [0, 0.05) is 6.61 Å². The van der Waals surface area contributed by atoms with Crippen molar-refractivity contribution in [2.75, 3.05) is 6.61 Å². The van der Waals surface area contributed by atoms with Gasteiger partial charge in [-0.15, -0.1) is 0 Å². The number of thiol groups is 2. The summed E-state index contributed by atoms with van der Waals surface area (Å²) in [5, 5.41) is 26.4. The summed E-state index contributed by atoms with van der Waals surface area (Å²) in [5.41, 5.74) is 0. The molecule has 1 atom stereocenters. The second-order valence-corrected chi connectivity index (χ2v) is 4.78. The molecule has 1 unspecified atom stereocenters. The van der Waals surface area contributed by atoms with E-state index in [0.717, 1.165) is 0 Å². The molecule has 0 aromatic heterocycles. The average molecular weight is 226 g/mol. The van der Waals surface area contributed by atoms with Gasteiger partial charge in [0.25, 0.3) is 0 Å². The van der Waals surface area contributed by atoms with E-state index in [1.165, 1.54) is 0 Å². The molecule has 3 N–H and O–H groups in total. The summed E-state index contributed by atoms with van der Waals surface area (Å²) < 4.78 is -1.24. The Balaban J connectivity index is 4.01. The van der Waals surface area contributed by atoms with Crippen LogP contribution in [0, 0.1) is 0 Å². The molecular weight excluding hydrogens is 212 g/mol. The Morgan fingerprint density at radius 2 is 2.00 bits per heavy atom. The van der Waals surface area contributed by atoms with Crippen LogP contribution in [0.15, 0.2) is 0 Å². The van der Waals surface area contributed by atoms with Gasteiger partial charge in [0.1, 0.15) is 0 Å². The fraction of sp³-hybridized carbons (Fsp3) is 0.857. The molecule has 0 aromatic carbocycles. The Morgan fingerprint density at radius 3 is 2.38 bits per heavy atom. The zero-order valence-electron chi connectivity index (χ0n) is 7.05. The summed E-state index contributed by atoms with van der Waals surface area (Å²) in [4.78, 5) is 10.3. The predicted octanol–water partition coefficient (Wildman–Crippen LogP) is 0.150. The minimum absolute atomic E-state index is 0.0399. The molecule has 0 aliphatic carbocycles. The van der Waals surface area contributed by atoms with Crippen molar-refractivity contribution < 1.29 is 20.1 Å². The highest BCUT2D eigenvalue weighted by molar-refractivity contribution is 8.00. The third kappa shape index (κ3) is 5.41. The number of carbonyl (C=O) groups is 1. The molecule has 0 aliphatic rings. The molecule has 0 aliphatic heterocycles. The van der Waals surface area contributed by atoms with E-state index in [4.69, 9.17) is 10.2 Å². The van der Waals surface area contributed by atoms with Crippen molar-refractivity contribution in [3.05, 3.63) is 0 Å². The van der Waals surface area contributed by atoms with Crippen molar-refractivity contribution in [1.29, 1.82) is 0 Å². The van der Waals surface area contributed by atoms with Gasteiger partial charge in [-0.1, -0.05) is 0 Å². The van der Waals surface area contributed by atoms with Crippen LogP contribution in [-0.4, -0.2) is 38.1 Å². The summed E-state index contributed by atoms with van der Waals surface area (Å²) in [6.45, 7) is -0.0399. The molecule has 78 valence electrons. The van der Waals surface area contributed by atoms with E-state index in [-0.39, 0.29) is 19.4 Å². The first-order valence-electron chi connectivity index (χ1n) is 3.85. The molecular formula is C7H14O4S2. The third-order valence-electron chi connectivity index (χ3n) is 1.58. The molecule has 0 saturated carbocycles. The van der Waals surface area contributed by atoms with Gasteiger partial charge < -0.3 is 15.3 Å². The first-order chi connectivity index (χ1) is 5.90. The van der Waals surface area contributed by atoms with Gasteiger partial charge >= 0.3 is 5.97 Å². The number of aliphatic carboxylic acids is 1. The zero-order chi connectivity index (χ0) is 10.5. The first-order valence-corrected chi connectivity index (χ1v) is 4.75. The summed E-state index contributed by atoms with van der Waals surface area (Å²) in [6.07, 6.45) is -0.575. The molecule has 13 heavy (non-hydrogen) atoms. The van der Waals surface area contributed by atoms with Gasteiger partial charge in [-0.05, 0) is 12.8 Å². The summed E-state index contributed by atoms with van der Waals surface area (Å²) in [7, 11) is 0. The maximum absolute atomic E-state index is 10.3. The number of aliphatic hydroxyl groups is 2. The van der Waals surface area contributed by atoms with Crippen molar-refractivity contribution in [3.63, 3.8) is 0 Å². The number of hydrogen-bond acceptors (Lipinski definition) is 5. The van der Waals surface area contributed by atoms with E-state index in [2.05, 4.69) is 25.3 Å². The van der Waals surface area contributed by atoms with Gasteiger partial charge in [0.2, 0.25) is 0 Å². The zero-order valence-corrected chi connectivity index (χ0v) is 8.84. The van der Waals surface area contributed by atoms with Crippen LogP contribution in [0.3, 0.4) is 0 Å². The van der Waals surface area contributed by atoms with Gasteiger partial charge in [0.15, 0.2) is 0 Å². The SMILES string of the molecule is O=C(O)CC(S)(S)C(O)CCCO. The Bertz CT molecular complexity index is 172. The predicted molar refractivity (Wildman–Crippen MR) is 55.3 cm³/mol. The fourth-order valence-electron chi connectivity index (χ4n) is 0.856. The average Bonchev–Trinajstić information content (AvgIpc) is 1.97. The monoisotopic (exact) mass is 226 g/mol. The summed E-state index contributed by atoms with van der Waals surface area (Å²) in [5.74, 6) is -1.06. The highest BCUT2D eigenvalue weighted by Gasteiger charge is 2.32. The number of carboxylic acid groups (broad SMARTS) is 1. The van der Waals surface area contributed by atoms with Crippen LogP contribution in [0.2, 0.25) is 0 Å². The molecule has 0 saturated heterocycles. The largest absolute Gasteiger partial charge is 0.481 e. The van der Waals surface area contributed by atoms with E-state index >= 15 is 0 Å². The van der Waals surface area contributed by atoms with E-state index < -0.39 is 16.2 Å². The number of carboxylic acids is 1. The van der Waals surface area contributed by atoms with Gasteiger partial charge in [-0.25, -0.2) is 0 Å².